The highest BCUT2D eigenvalue weighted by Crippen LogP contribution is 2.39. The van der Waals surface area contributed by atoms with Crippen molar-refractivity contribution in [3.8, 4) is 0 Å². The smallest absolute Gasteiger partial charge is 0.410 e. The Morgan fingerprint density at radius 1 is 1.39 bits per heavy atom. The first-order chi connectivity index (χ1) is 8.07. The lowest BCUT2D eigenvalue weighted by molar-refractivity contribution is -0.259. The van der Waals surface area contributed by atoms with Gasteiger partial charge in [-0.05, 0) is 20.8 Å². The number of nitrogens with zero attached hydrogens (tertiary/aromatic N) is 1. The number of aliphatic hydroxyl groups excluding tert-OH is 1. The second-order valence-electron chi connectivity index (χ2n) is 5.40. The summed E-state index contributed by atoms with van der Waals surface area (Å²) in [6.07, 6.45) is -0.663. The Hall–Kier alpha value is -0.950. The molecule has 1 saturated heterocycles. The molecule has 1 N–H and O–H groups in total. The Kier molecular flexibility index (Phi) is 3.88. The molecule has 0 bridgehead atoms. The van der Waals surface area contributed by atoms with Gasteiger partial charge in [0.2, 0.25) is 0 Å². The molecule has 0 aromatic carbocycles. The van der Waals surface area contributed by atoms with Crippen molar-refractivity contribution in [1.29, 1.82) is 0 Å². The van der Waals surface area contributed by atoms with Gasteiger partial charge in [-0.2, -0.15) is 0 Å². The standard InChI is InChI=1S/C11H19F2NO4/c1-9(2,3)18-8(16)14-5-10(6-14,17-4)11(12,13)7-15/h15H,5-7H2,1-4H3. The summed E-state index contributed by atoms with van der Waals surface area (Å²) in [6, 6.07) is 0. The van der Waals surface area contributed by atoms with Crippen LogP contribution in [0.25, 0.3) is 0 Å². The number of rotatable bonds is 3. The molecule has 1 aliphatic heterocycles. The molecule has 1 aliphatic rings. The van der Waals surface area contributed by atoms with Crippen molar-refractivity contribution < 1.29 is 28.2 Å². The zero-order chi connectivity index (χ0) is 14.2. The van der Waals surface area contributed by atoms with Crippen molar-refractivity contribution in [1.82, 2.24) is 4.90 Å². The Morgan fingerprint density at radius 2 is 1.89 bits per heavy atom. The minimum Gasteiger partial charge on any atom is -0.444 e. The first kappa shape index (κ1) is 15.1. The molecule has 1 fully saturated rings. The van der Waals surface area contributed by atoms with E-state index in [0.717, 1.165) is 12.0 Å². The van der Waals surface area contributed by atoms with E-state index in [1.54, 1.807) is 20.8 Å². The molecule has 1 rings (SSSR count). The minimum absolute atomic E-state index is 0.300. The van der Waals surface area contributed by atoms with Gasteiger partial charge in [0.15, 0.2) is 5.60 Å². The Morgan fingerprint density at radius 3 is 2.22 bits per heavy atom. The summed E-state index contributed by atoms with van der Waals surface area (Å²) in [6.45, 7) is 3.16. The maximum absolute atomic E-state index is 13.5. The number of carbonyl (C=O) groups excluding carboxylic acids is 1. The highest BCUT2D eigenvalue weighted by molar-refractivity contribution is 5.69. The van der Waals surface area contributed by atoms with Crippen molar-refractivity contribution in [2.24, 2.45) is 0 Å². The molecule has 0 aliphatic carbocycles. The van der Waals surface area contributed by atoms with E-state index in [0.29, 0.717) is 0 Å². The third-order valence-corrected chi connectivity index (χ3v) is 2.80. The molecule has 0 aromatic rings. The maximum atomic E-state index is 13.5. The summed E-state index contributed by atoms with van der Waals surface area (Å²) in [4.78, 5) is 12.7. The second-order valence-corrected chi connectivity index (χ2v) is 5.40. The SMILES string of the molecule is COC1(C(F)(F)CO)CN(C(=O)OC(C)(C)C)C1. The van der Waals surface area contributed by atoms with Crippen molar-refractivity contribution >= 4 is 6.09 Å². The predicted octanol–water partition coefficient (Wildman–Crippen LogP) is 1.25. The van der Waals surface area contributed by atoms with Gasteiger partial charge in [-0.3, -0.25) is 0 Å². The summed E-state index contributed by atoms with van der Waals surface area (Å²) in [5.74, 6) is -3.39. The van der Waals surface area contributed by atoms with Crippen molar-refractivity contribution in [3.05, 3.63) is 0 Å². The molecule has 1 amide bonds. The molecule has 0 spiro atoms. The van der Waals surface area contributed by atoms with Gasteiger partial charge in [0.25, 0.3) is 0 Å². The van der Waals surface area contributed by atoms with Crippen molar-refractivity contribution in [2.45, 2.75) is 37.9 Å². The average molecular weight is 267 g/mol. The number of hydrogen-bond donors (Lipinski definition) is 1. The van der Waals surface area contributed by atoms with Crippen LogP contribution in [-0.4, -0.2) is 60.0 Å². The molecule has 0 radical (unpaired) electrons. The van der Waals surface area contributed by atoms with Crippen LogP contribution in [0.4, 0.5) is 13.6 Å². The zero-order valence-electron chi connectivity index (χ0n) is 11.0. The van der Waals surface area contributed by atoms with Crippen LogP contribution in [-0.2, 0) is 9.47 Å². The number of ether oxygens (including phenoxy) is 2. The van der Waals surface area contributed by atoms with Crippen LogP contribution in [0.3, 0.4) is 0 Å². The molecule has 5 nitrogen and oxygen atoms in total. The van der Waals surface area contributed by atoms with Crippen LogP contribution >= 0.6 is 0 Å². The molecule has 7 heteroatoms. The number of alkyl halides is 2. The number of aliphatic hydroxyl groups is 1. The molecule has 0 aromatic heterocycles. The molecule has 106 valence electrons. The molecule has 0 atom stereocenters. The summed E-state index contributed by atoms with van der Waals surface area (Å²) < 4.78 is 36.8. The summed E-state index contributed by atoms with van der Waals surface area (Å²) in [5, 5.41) is 8.67. The Bertz CT molecular complexity index is 321. The second kappa shape index (κ2) is 4.62. The molecular weight excluding hydrogens is 248 g/mol. The number of likely N-dealkylation sites (tertiary alicyclic amines) is 1. The number of halogens is 2. The highest BCUT2D eigenvalue weighted by atomic mass is 19.3. The van der Waals surface area contributed by atoms with Crippen LogP contribution in [0.1, 0.15) is 20.8 Å². The van der Waals surface area contributed by atoms with E-state index in [1.165, 1.54) is 0 Å². The fraction of sp³-hybridized carbons (Fsp3) is 0.909. The topological polar surface area (TPSA) is 59.0 Å². The largest absolute Gasteiger partial charge is 0.444 e. The van der Waals surface area contributed by atoms with E-state index in [-0.39, 0.29) is 13.1 Å². The van der Waals surface area contributed by atoms with Gasteiger partial charge in [-0.25, -0.2) is 13.6 Å². The highest BCUT2D eigenvalue weighted by Gasteiger charge is 2.62. The van der Waals surface area contributed by atoms with Crippen molar-refractivity contribution in [2.75, 3.05) is 26.8 Å². The zero-order valence-corrected chi connectivity index (χ0v) is 11.0. The van der Waals surface area contributed by atoms with Gasteiger partial charge in [-0.15, -0.1) is 0 Å². The monoisotopic (exact) mass is 267 g/mol. The Balaban J connectivity index is 2.64. The number of methoxy groups -OCH3 is 1. The third-order valence-electron chi connectivity index (χ3n) is 2.80. The van der Waals surface area contributed by atoms with Crippen LogP contribution in [0, 0.1) is 0 Å². The van der Waals surface area contributed by atoms with E-state index < -0.39 is 29.8 Å². The van der Waals surface area contributed by atoms with Crippen LogP contribution in [0.15, 0.2) is 0 Å². The van der Waals surface area contributed by atoms with Gasteiger partial charge in [0.05, 0.1) is 13.1 Å². The summed E-state index contributed by atoms with van der Waals surface area (Å²) in [7, 11) is 1.13. The van der Waals surface area contributed by atoms with E-state index >= 15 is 0 Å². The lowest BCUT2D eigenvalue weighted by atomic mass is 9.87. The average Bonchev–Trinajstić information content (AvgIpc) is 2.13. The lowest BCUT2D eigenvalue weighted by Gasteiger charge is -2.51. The molecule has 1 heterocycles. The number of hydrogen-bond acceptors (Lipinski definition) is 4. The van der Waals surface area contributed by atoms with Gasteiger partial charge >= 0.3 is 12.0 Å². The van der Waals surface area contributed by atoms with Gasteiger partial charge in [0, 0.05) is 7.11 Å². The van der Waals surface area contributed by atoms with E-state index in [1.807, 2.05) is 0 Å². The van der Waals surface area contributed by atoms with E-state index in [2.05, 4.69) is 0 Å². The fourth-order valence-corrected chi connectivity index (χ4v) is 1.68. The molecule has 0 unspecified atom stereocenters. The predicted molar refractivity (Wildman–Crippen MR) is 59.6 cm³/mol. The van der Waals surface area contributed by atoms with Gasteiger partial charge < -0.3 is 19.5 Å². The minimum atomic E-state index is -3.39. The van der Waals surface area contributed by atoms with Crippen LogP contribution in [0.5, 0.6) is 0 Å². The summed E-state index contributed by atoms with van der Waals surface area (Å²) in [5.41, 5.74) is -2.50. The van der Waals surface area contributed by atoms with E-state index in [9.17, 15) is 13.6 Å². The van der Waals surface area contributed by atoms with Crippen LogP contribution in [0.2, 0.25) is 0 Å². The first-order valence-electron chi connectivity index (χ1n) is 5.59. The molecular formula is C11H19F2NO4. The van der Waals surface area contributed by atoms with Gasteiger partial charge in [0.1, 0.15) is 12.2 Å². The van der Waals surface area contributed by atoms with Crippen LogP contribution < -0.4 is 0 Å². The number of carbonyl (C=O) groups is 1. The summed E-state index contributed by atoms with van der Waals surface area (Å²) >= 11 is 0. The first-order valence-corrected chi connectivity index (χ1v) is 5.59. The molecule has 18 heavy (non-hydrogen) atoms. The van der Waals surface area contributed by atoms with Gasteiger partial charge in [-0.1, -0.05) is 0 Å². The van der Waals surface area contributed by atoms with Crippen molar-refractivity contribution in [3.63, 3.8) is 0 Å². The Labute approximate surface area is 105 Å². The third kappa shape index (κ3) is 2.72. The maximum Gasteiger partial charge on any atom is 0.410 e. The van der Waals surface area contributed by atoms with E-state index in [4.69, 9.17) is 14.6 Å². The molecule has 0 saturated carbocycles. The number of amides is 1. The normalized spacial score (nSPS) is 19.4. The quantitative estimate of drug-likeness (QED) is 0.836. The fourth-order valence-electron chi connectivity index (χ4n) is 1.68. The lowest BCUT2D eigenvalue weighted by Crippen LogP contribution is -2.73.